The van der Waals surface area contributed by atoms with E-state index in [1.54, 1.807) is 17.4 Å². The second-order valence-corrected chi connectivity index (χ2v) is 4.38. The molecule has 3 heteroatoms. The average Bonchev–Trinajstić information content (AvgIpc) is 2.81. The van der Waals surface area contributed by atoms with Crippen molar-refractivity contribution in [3.8, 4) is 11.4 Å². The molecule has 3 aromatic rings. The number of aromatic nitrogens is 1. The lowest BCUT2D eigenvalue weighted by Crippen LogP contribution is -2.26. The van der Waals surface area contributed by atoms with E-state index in [9.17, 15) is 5.11 Å². The van der Waals surface area contributed by atoms with E-state index >= 15 is 0 Å². The van der Waals surface area contributed by atoms with Crippen molar-refractivity contribution in [2.75, 3.05) is 0 Å². The third kappa shape index (κ3) is 1.46. The average molecular weight is 228 g/mol. The predicted molar refractivity (Wildman–Crippen MR) is 65.0 cm³/mol. The van der Waals surface area contributed by atoms with Gasteiger partial charge in [-0.25, -0.2) is 0 Å². The first-order valence-corrected chi connectivity index (χ1v) is 5.94. The molecular weight excluding hydrogens is 218 g/mol. The zero-order chi connectivity index (χ0) is 11.0. The molecule has 2 aromatic carbocycles. The van der Waals surface area contributed by atoms with Gasteiger partial charge in [-0.2, -0.15) is 4.57 Å². The second-order valence-electron chi connectivity index (χ2n) is 3.62. The molecule has 0 aliphatic rings. The van der Waals surface area contributed by atoms with Crippen LogP contribution in [-0.4, -0.2) is 5.11 Å². The lowest BCUT2D eigenvalue weighted by Gasteiger charge is -2.00. The van der Waals surface area contributed by atoms with Gasteiger partial charge in [-0.3, -0.25) is 0 Å². The Morgan fingerprint density at radius 3 is 2.50 bits per heavy atom. The Morgan fingerprint density at radius 1 is 1.06 bits per heavy atom. The summed E-state index contributed by atoms with van der Waals surface area (Å²) in [5.74, 6) is 0.308. The fraction of sp³-hybridized carbons (Fsp3) is 0. The lowest BCUT2D eigenvalue weighted by atomic mass is 10.1. The molecule has 0 aliphatic carbocycles. The van der Waals surface area contributed by atoms with Crippen LogP contribution in [0.4, 0.5) is 0 Å². The Labute approximate surface area is 97.0 Å². The lowest BCUT2D eigenvalue weighted by molar-refractivity contribution is -0.590. The molecule has 2 nitrogen and oxygen atoms in total. The van der Waals surface area contributed by atoms with Crippen LogP contribution in [0.2, 0.25) is 0 Å². The highest BCUT2D eigenvalue weighted by molar-refractivity contribution is 7.07. The summed E-state index contributed by atoms with van der Waals surface area (Å²) >= 11 is 1.60. The zero-order valence-corrected chi connectivity index (χ0v) is 9.32. The van der Waals surface area contributed by atoms with Crippen molar-refractivity contribution < 1.29 is 9.67 Å². The molecule has 16 heavy (non-hydrogen) atoms. The number of benzene rings is 2. The van der Waals surface area contributed by atoms with Crippen molar-refractivity contribution in [2.24, 2.45) is 0 Å². The van der Waals surface area contributed by atoms with Crippen LogP contribution in [0.25, 0.3) is 16.5 Å². The number of rotatable bonds is 1. The topological polar surface area (TPSA) is 24.1 Å². The summed E-state index contributed by atoms with van der Waals surface area (Å²) < 4.78 is 1.92. The Kier molecular flexibility index (Phi) is 2.11. The number of phenols is 1. The fourth-order valence-corrected chi connectivity index (χ4v) is 2.38. The Balaban J connectivity index is 2.30. The van der Waals surface area contributed by atoms with Crippen molar-refractivity contribution in [3.63, 3.8) is 0 Å². The summed E-state index contributed by atoms with van der Waals surface area (Å²) in [7, 11) is 0. The van der Waals surface area contributed by atoms with Gasteiger partial charge in [0, 0.05) is 6.07 Å². The van der Waals surface area contributed by atoms with Crippen LogP contribution >= 0.6 is 11.3 Å². The van der Waals surface area contributed by atoms with Crippen molar-refractivity contribution in [1.82, 2.24) is 0 Å². The zero-order valence-electron chi connectivity index (χ0n) is 8.50. The maximum atomic E-state index is 9.96. The van der Waals surface area contributed by atoms with Gasteiger partial charge in [0.2, 0.25) is 5.51 Å². The summed E-state index contributed by atoms with van der Waals surface area (Å²) in [5, 5.41) is 14.1. The molecule has 0 saturated carbocycles. The third-order valence-electron chi connectivity index (χ3n) is 2.60. The van der Waals surface area contributed by atoms with Crippen LogP contribution in [0.15, 0.2) is 53.5 Å². The Morgan fingerprint density at radius 2 is 1.81 bits per heavy atom. The molecule has 0 amide bonds. The number of hydrogen-bond acceptors (Lipinski definition) is 2. The first-order chi connectivity index (χ1) is 7.84. The standard InChI is InChI=1S/C13H9NOS/c15-13-8-11-4-2-1-3-10(11)7-12(13)14-5-6-16-9-14/h1-9H/p+1. The minimum Gasteiger partial charge on any atom is -0.502 e. The first kappa shape index (κ1) is 9.36. The molecule has 0 spiro atoms. The number of nitrogens with zero attached hydrogens (tertiary/aromatic N) is 1. The van der Waals surface area contributed by atoms with Crippen LogP contribution < -0.4 is 4.57 Å². The number of hydrogen-bond donors (Lipinski definition) is 1. The normalized spacial score (nSPS) is 10.8. The highest BCUT2D eigenvalue weighted by atomic mass is 32.1. The van der Waals surface area contributed by atoms with E-state index < -0.39 is 0 Å². The number of fused-ring (bicyclic) bond motifs is 1. The van der Waals surface area contributed by atoms with E-state index in [-0.39, 0.29) is 0 Å². The van der Waals surface area contributed by atoms with E-state index in [1.165, 1.54) is 0 Å². The smallest absolute Gasteiger partial charge is 0.254 e. The SMILES string of the molecule is Oc1cc2ccccc2cc1-[n+]1ccsc1. The molecule has 1 aromatic heterocycles. The van der Waals surface area contributed by atoms with E-state index in [0.717, 1.165) is 16.5 Å². The molecule has 0 unspecified atom stereocenters. The molecule has 0 aliphatic heterocycles. The summed E-state index contributed by atoms with van der Waals surface area (Å²) in [6.07, 6.45) is 1.94. The third-order valence-corrected chi connectivity index (χ3v) is 3.22. The second kappa shape index (κ2) is 3.61. The molecule has 3 rings (SSSR count). The Bertz CT molecular complexity index is 631. The number of phenolic OH excluding ortho intramolecular Hbond substituents is 1. The van der Waals surface area contributed by atoms with Crippen molar-refractivity contribution in [2.45, 2.75) is 0 Å². The van der Waals surface area contributed by atoms with Gasteiger partial charge in [-0.05, 0) is 16.8 Å². The van der Waals surface area contributed by atoms with Crippen molar-refractivity contribution >= 4 is 22.1 Å². The van der Waals surface area contributed by atoms with Gasteiger partial charge in [-0.1, -0.05) is 35.6 Å². The molecule has 0 saturated heterocycles. The van der Waals surface area contributed by atoms with Gasteiger partial charge in [-0.15, -0.1) is 0 Å². The molecule has 0 radical (unpaired) electrons. The van der Waals surface area contributed by atoms with Crippen LogP contribution in [-0.2, 0) is 0 Å². The number of thiazole rings is 1. The fourth-order valence-electron chi connectivity index (χ4n) is 1.80. The summed E-state index contributed by atoms with van der Waals surface area (Å²) in [6, 6.07) is 11.8. The van der Waals surface area contributed by atoms with Gasteiger partial charge < -0.3 is 5.11 Å². The van der Waals surface area contributed by atoms with Crippen LogP contribution in [0.5, 0.6) is 5.75 Å². The van der Waals surface area contributed by atoms with Crippen molar-refractivity contribution in [1.29, 1.82) is 0 Å². The minimum atomic E-state index is 0.308. The van der Waals surface area contributed by atoms with Gasteiger partial charge in [0.25, 0.3) is 5.69 Å². The van der Waals surface area contributed by atoms with E-state index in [2.05, 4.69) is 0 Å². The highest BCUT2D eigenvalue weighted by Gasteiger charge is 2.13. The summed E-state index contributed by atoms with van der Waals surface area (Å²) in [5.41, 5.74) is 2.78. The van der Waals surface area contributed by atoms with Crippen molar-refractivity contribution in [3.05, 3.63) is 53.5 Å². The molecule has 78 valence electrons. The van der Waals surface area contributed by atoms with Crippen LogP contribution in [0.3, 0.4) is 0 Å². The minimum absolute atomic E-state index is 0.308. The maximum absolute atomic E-state index is 9.96. The van der Waals surface area contributed by atoms with Crippen LogP contribution in [0, 0.1) is 0 Å². The van der Waals surface area contributed by atoms with Crippen LogP contribution in [0.1, 0.15) is 0 Å². The van der Waals surface area contributed by atoms with E-state index in [4.69, 9.17) is 0 Å². The van der Waals surface area contributed by atoms with Gasteiger partial charge in [0.1, 0.15) is 0 Å². The number of aromatic hydroxyl groups is 1. The molecule has 0 atom stereocenters. The first-order valence-electron chi connectivity index (χ1n) is 5.00. The molecule has 1 heterocycles. The summed E-state index contributed by atoms with van der Waals surface area (Å²) in [6.45, 7) is 0. The van der Waals surface area contributed by atoms with Gasteiger partial charge >= 0.3 is 0 Å². The maximum Gasteiger partial charge on any atom is 0.254 e. The van der Waals surface area contributed by atoms with Gasteiger partial charge in [0.15, 0.2) is 11.9 Å². The Hall–Kier alpha value is -1.87. The van der Waals surface area contributed by atoms with Gasteiger partial charge in [0.05, 0.1) is 5.38 Å². The molecule has 0 fully saturated rings. The van der Waals surface area contributed by atoms with E-state index in [1.807, 2.05) is 52.0 Å². The quantitative estimate of drug-likeness (QED) is 0.636. The predicted octanol–water partition coefficient (Wildman–Crippen LogP) is 2.88. The highest BCUT2D eigenvalue weighted by Crippen LogP contribution is 2.24. The largest absolute Gasteiger partial charge is 0.502 e. The summed E-state index contributed by atoms with van der Waals surface area (Å²) in [4.78, 5) is 0. The monoisotopic (exact) mass is 228 g/mol. The molecular formula is C13H10NOS+. The molecule has 0 bridgehead atoms. The van der Waals surface area contributed by atoms with E-state index in [0.29, 0.717) is 5.75 Å². The molecule has 1 N–H and O–H groups in total.